The summed E-state index contributed by atoms with van der Waals surface area (Å²) in [5.41, 5.74) is 7.03. The highest BCUT2D eigenvalue weighted by atomic mass is 16.5. The molecule has 0 saturated carbocycles. The number of hydrogen-bond acceptors (Lipinski definition) is 2. The molecule has 3 rings (SSSR count). The molecule has 2 aromatic carbocycles. The van der Waals surface area contributed by atoms with E-state index in [0.29, 0.717) is 6.54 Å². The van der Waals surface area contributed by atoms with E-state index in [2.05, 4.69) is 48.4 Å². The molecule has 2 N–H and O–H groups in total. The fourth-order valence-electron chi connectivity index (χ4n) is 3.34. The Labute approximate surface area is 148 Å². The topological polar surface area (TPSA) is 54.1 Å². The van der Waals surface area contributed by atoms with Crippen LogP contribution >= 0.6 is 0 Å². The van der Waals surface area contributed by atoms with Crippen LogP contribution in [0.4, 0.5) is 0 Å². The van der Waals surface area contributed by atoms with Crippen LogP contribution in [0.3, 0.4) is 0 Å². The molecule has 0 fully saturated rings. The van der Waals surface area contributed by atoms with Gasteiger partial charge in [0.2, 0.25) is 5.91 Å². The molecule has 0 bridgehead atoms. The van der Waals surface area contributed by atoms with Crippen molar-refractivity contribution in [2.45, 2.75) is 27.2 Å². The summed E-state index contributed by atoms with van der Waals surface area (Å²) in [5, 5.41) is 4.03. The number of aryl methyl sites for hydroxylation is 2. The molecule has 4 heteroatoms. The lowest BCUT2D eigenvalue weighted by Gasteiger charge is -2.08. The highest BCUT2D eigenvalue weighted by molar-refractivity contribution is 5.92. The first-order chi connectivity index (χ1) is 12.0. The van der Waals surface area contributed by atoms with Crippen molar-refractivity contribution in [3.63, 3.8) is 0 Å². The number of carbonyl (C=O) groups excluding carboxylic acids is 1. The fourth-order valence-corrected chi connectivity index (χ4v) is 3.34. The molecule has 130 valence electrons. The largest absolute Gasteiger partial charge is 0.497 e. The molecule has 4 nitrogen and oxygen atoms in total. The van der Waals surface area contributed by atoms with Crippen molar-refractivity contribution in [3.05, 3.63) is 53.1 Å². The van der Waals surface area contributed by atoms with Crippen LogP contribution in [0.2, 0.25) is 0 Å². The summed E-state index contributed by atoms with van der Waals surface area (Å²) >= 11 is 0. The molecule has 0 unspecified atom stereocenters. The van der Waals surface area contributed by atoms with E-state index in [1.165, 1.54) is 22.3 Å². The summed E-state index contributed by atoms with van der Waals surface area (Å²) in [5.74, 6) is 0.824. The van der Waals surface area contributed by atoms with E-state index in [1.54, 1.807) is 14.0 Å². The minimum atomic E-state index is -0.00891. The number of aromatic amines is 1. The lowest BCUT2D eigenvalue weighted by atomic mass is 9.99. The van der Waals surface area contributed by atoms with Gasteiger partial charge in [-0.3, -0.25) is 4.79 Å². The summed E-state index contributed by atoms with van der Waals surface area (Å²) in [4.78, 5) is 14.8. The number of ether oxygens (including phenoxy) is 1. The van der Waals surface area contributed by atoms with Crippen molar-refractivity contribution in [2.75, 3.05) is 13.7 Å². The summed E-state index contributed by atoms with van der Waals surface area (Å²) in [7, 11) is 1.68. The highest BCUT2D eigenvalue weighted by Gasteiger charge is 2.14. The van der Waals surface area contributed by atoms with Crippen LogP contribution in [0, 0.1) is 13.8 Å². The number of rotatable bonds is 5. The van der Waals surface area contributed by atoms with Gasteiger partial charge in [0, 0.05) is 30.1 Å². The van der Waals surface area contributed by atoms with Gasteiger partial charge in [0.15, 0.2) is 0 Å². The first-order valence-electron chi connectivity index (χ1n) is 8.49. The quantitative estimate of drug-likeness (QED) is 0.736. The van der Waals surface area contributed by atoms with Crippen LogP contribution < -0.4 is 10.1 Å². The van der Waals surface area contributed by atoms with Gasteiger partial charge in [-0.25, -0.2) is 0 Å². The normalized spacial score (nSPS) is 10.9. The van der Waals surface area contributed by atoms with Crippen molar-refractivity contribution < 1.29 is 9.53 Å². The molecule has 0 saturated heterocycles. The van der Waals surface area contributed by atoms with Crippen LogP contribution in [-0.4, -0.2) is 24.5 Å². The predicted molar refractivity (Wildman–Crippen MR) is 102 cm³/mol. The number of carbonyl (C=O) groups is 1. The molecule has 1 aromatic heterocycles. The molecular formula is C21H24N2O2. The van der Waals surface area contributed by atoms with Gasteiger partial charge in [-0.05, 0) is 61.7 Å². The molecule has 0 aliphatic heterocycles. The fraction of sp³-hybridized carbons (Fsp3) is 0.286. The summed E-state index contributed by atoms with van der Waals surface area (Å²) < 4.78 is 5.39. The Balaban J connectivity index is 2.13. The third-order valence-electron chi connectivity index (χ3n) is 4.37. The summed E-state index contributed by atoms with van der Waals surface area (Å²) in [6.45, 7) is 6.37. The first-order valence-corrected chi connectivity index (χ1v) is 8.49. The standard InChI is InChI=1S/C21H24N2O2/c1-13-9-14(2)11-16(10-13)21-18(7-8-22-15(3)24)19-12-17(25-4)5-6-20(19)23-21/h5-6,9-12,23H,7-8H2,1-4H3,(H,22,24). The van der Waals surface area contributed by atoms with Gasteiger partial charge in [0.05, 0.1) is 7.11 Å². The lowest BCUT2D eigenvalue weighted by Crippen LogP contribution is -2.22. The van der Waals surface area contributed by atoms with E-state index in [-0.39, 0.29) is 5.91 Å². The van der Waals surface area contributed by atoms with Gasteiger partial charge in [-0.15, -0.1) is 0 Å². The van der Waals surface area contributed by atoms with Gasteiger partial charge in [0.1, 0.15) is 5.75 Å². The SMILES string of the molecule is COc1ccc2[nH]c(-c3cc(C)cc(C)c3)c(CCNC(C)=O)c2c1. The Hall–Kier alpha value is -2.75. The second-order valence-electron chi connectivity index (χ2n) is 6.50. The van der Waals surface area contributed by atoms with Gasteiger partial charge < -0.3 is 15.0 Å². The van der Waals surface area contributed by atoms with Crippen LogP contribution in [0.1, 0.15) is 23.6 Å². The van der Waals surface area contributed by atoms with Crippen LogP contribution in [-0.2, 0) is 11.2 Å². The zero-order chi connectivity index (χ0) is 18.0. The number of aromatic nitrogens is 1. The number of nitrogens with one attached hydrogen (secondary N) is 2. The lowest BCUT2D eigenvalue weighted by molar-refractivity contribution is -0.118. The average molecular weight is 336 g/mol. The van der Waals surface area contributed by atoms with E-state index in [0.717, 1.165) is 28.8 Å². The van der Waals surface area contributed by atoms with E-state index in [1.807, 2.05) is 12.1 Å². The first kappa shape index (κ1) is 17.1. The van der Waals surface area contributed by atoms with E-state index in [9.17, 15) is 4.79 Å². The van der Waals surface area contributed by atoms with Gasteiger partial charge in [-0.2, -0.15) is 0 Å². The maximum Gasteiger partial charge on any atom is 0.216 e. The zero-order valence-corrected chi connectivity index (χ0v) is 15.2. The Morgan fingerprint density at radius 2 is 1.84 bits per heavy atom. The Morgan fingerprint density at radius 1 is 1.12 bits per heavy atom. The molecule has 25 heavy (non-hydrogen) atoms. The molecule has 1 amide bonds. The molecule has 3 aromatic rings. The second-order valence-corrected chi connectivity index (χ2v) is 6.50. The number of H-pyrrole nitrogens is 1. The smallest absolute Gasteiger partial charge is 0.216 e. The van der Waals surface area contributed by atoms with Crippen molar-refractivity contribution in [2.24, 2.45) is 0 Å². The van der Waals surface area contributed by atoms with Gasteiger partial charge in [0.25, 0.3) is 0 Å². The summed E-state index contributed by atoms with van der Waals surface area (Å²) in [6.07, 6.45) is 0.759. The highest BCUT2D eigenvalue weighted by Crippen LogP contribution is 2.33. The van der Waals surface area contributed by atoms with Crippen molar-refractivity contribution in [3.8, 4) is 17.0 Å². The monoisotopic (exact) mass is 336 g/mol. The molecule has 0 aliphatic carbocycles. The molecule has 0 radical (unpaired) electrons. The van der Waals surface area contributed by atoms with Crippen molar-refractivity contribution in [1.82, 2.24) is 10.3 Å². The van der Waals surface area contributed by atoms with Crippen molar-refractivity contribution >= 4 is 16.8 Å². The Morgan fingerprint density at radius 3 is 2.48 bits per heavy atom. The van der Waals surface area contributed by atoms with E-state index in [4.69, 9.17) is 4.74 Å². The number of hydrogen-bond donors (Lipinski definition) is 2. The second kappa shape index (κ2) is 7.01. The predicted octanol–water partition coefficient (Wildman–Crippen LogP) is 4.14. The van der Waals surface area contributed by atoms with Gasteiger partial charge in [-0.1, -0.05) is 17.2 Å². The van der Waals surface area contributed by atoms with Crippen molar-refractivity contribution in [1.29, 1.82) is 0 Å². The number of methoxy groups -OCH3 is 1. The van der Waals surface area contributed by atoms with E-state index >= 15 is 0 Å². The number of amides is 1. The Bertz CT molecular complexity index is 905. The van der Waals surface area contributed by atoms with Crippen LogP contribution in [0.25, 0.3) is 22.2 Å². The third-order valence-corrected chi connectivity index (χ3v) is 4.37. The molecule has 0 atom stereocenters. The summed E-state index contributed by atoms with van der Waals surface area (Å²) in [6, 6.07) is 12.6. The number of fused-ring (bicyclic) bond motifs is 1. The van der Waals surface area contributed by atoms with Crippen LogP contribution in [0.5, 0.6) is 5.75 Å². The van der Waals surface area contributed by atoms with Crippen LogP contribution in [0.15, 0.2) is 36.4 Å². The molecular weight excluding hydrogens is 312 g/mol. The minimum absolute atomic E-state index is 0.00891. The number of benzene rings is 2. The zero-order valence-electron chi connectivity index (χ0n) is 15.2. The maximum absolute atomic E-state index is 11.2. The maximum atomic E-state index is 11.2. The average Bonchev–Trinajstić information content (AvgIpc) is 2.91. The van der Waals surface area contributed by atoms with E-state index < -0.39 is 0 Å². The Kier molecular flexibility index (Phi) is 4.79. The van der Waals surface area contributed by atoms with Gasteiger partial charge >= 0.3 is 0 Å². The third kappa shape index (κ3) is 3.68. The molecule has 0 spiro atoms. The molecule has 1 heterocycles. The minimum Gasteiger partial charge on any atom is -0.497 e. The molecule has 0 aliphatic rings.